The normalized spacial score (nSPS) is 14.4. The second-order valence-corrected chi connectivity index (χ2v) is 9.29. The Morgan fingerprint density at radius 3 is 2.55 bits per heavy atom. The maximum Gasteiger partial charge on any atom is 0.235 e. The SMILES string of the molecule is COCCn1c(COc2ccccc2-c2ccccc2)nnc1SC(C)C(=O)N1CCCC1. The molecule has 2 heterocycles. The van der Waals surface area contributed by atoms with Crippen LogP contribution in [0.1, 0.15) is 25.6 Å². The number of methoxy groups -OCH3 is 1. The fourth-order valence-corrected chi connectivity index (χ4v) is 4.89. The first-order chi connectivity index (χ1) is 16.2. The van der Waals surface area contributed by atoms with E-state index in [1.54, 1.807) is 7.11 Å². The average molecular weight is 467 g/mol. The van der Waals surface area contributed by atoms with Crippen molar-refractivity contribution in [3.8, 4) is 16.9 Å². The van der Waals surface area contributed by atoms with Crippen LogP contribution >= 0.6 is 11.8 Å². The molecule has 1 saturated heterocycles. The van der Waals surface area contributed by atoms with Gasteiger partial charge in [0, 0.05) is 32.3 Å². The number of nitrogens with zero attached hydrogens (tertiary/aromatic N) is 4. The zero-order valence-electron chi connectivity index (χ0n) is 19.1. The summed E-state index contributed by atoms with van der Waals surface area (Å²) in [5.74, 6) is 1.66. The van der Waals surface area contributed by atoms with E-state index in [9.17, 15) is 4.79 Å². The van der Waals surface area contributed by atoms with Crippen molar-refractivity contribution in [1.82, 2.24) is 19.7 Å². The molecule has 1 aromatic heterocycles. The number of para-hydroxylation sites is 1. The molecule has 4 rings (SSSR count). The van der Waals surface area contributed by atoms with Gasteiger partial charge in [0.15, 0.2) is 11.0 Å². The largest absolute Gasteiger partial charge is 0.485 e. The van der Waals surface area contributed by atoms with Crippen molar-refractivity contribution in [3.63, 3.8) is 0 Å². The van der Waals surface area contributed by atoms with Gasteiger partial charge >= 0.3 is 0 Å². The predicted molar refractivity (Wildman–Crippen MR) is 129 cm³/mol. The Balaban J connectivity index is 1.49. The standard InChI is InChI=1S/C25H30N4O3S/c1-19(24(30)28-14-8-9-15-28)33-25-27-26-23(29(25)16-17-31-2)18-32-22-13-7-6-12-21(22)20-10-4-3-5-11-20/h3-7,10-13,19H,8-9,14-18H2,1-2H3. The van der Waals surface area contributed by atoms with E-state index in [-0.39, 0.29) is 17.8 Å². The summed E-state index contributed by atoms with van der Waals surface area (Å²) < 4.78 is 13.5. The van der Waals surface area contributed by atoms with Gasteiger partial charge in [0.05, 0.1) is 11.9 Å². The second kappa shape index (κ2) is 11.3. The fraction of sp³-hybridized carbons (Fsp3) is 0.400. The van der Waals surface area contributed by atoms with Crippen molar-refractivity contribution in [1.29, 1.82) is 0 Å². The minimum atomic E-state index is -0.221. The van der Waals surface area contributed by atoms with Crippen LogP contribution in [0.4, 0.5) is 0 Å². The van der Waals surface area contributed by atoms with Crippen molar-refractivity contribution in [2.75, 3.05) is 26.8 Å². The Labute approximate surface area is 199 Å². The summed E-state index contributed by atoms with van der Waals surface area (Å²) in [6, 6.07) is 18.1. The Morgan fingerprint density at radius 1 is 1.06 bits per heavy atom. The molecule has 174 valence electrons. The molecule has 1 aliphatic rings. The number of aromatic nitrogens is 3. The van der Waals surface area contributed by atoms with Crippen molar-refractivity contribution in [2.24, 2.45) is 0 Å². The molecule has 3 aromatic rings. The van der Waals surface area contributed by atoms with E-state index in [2.05, 4.69) is 22.3 Å². The first-order valence-corrected chi connectivity index (χ1v) is 12.2. The van der Waals surface area contributed by atoms with Gasteiger partial charge in [-0.1, -0.05) is 60.3 Å². The lowest BCUT2D eigenvalue weighted by atomic mass is 10.1. The summed E-state index contributed by atoms with van der Waals surface area (Å²) in [6.45, 7) is 5.02. The summed E-state index contributed by atoms with van der Waals surface area (Å²) in [4.78, 5) is 14.7. The van der Waals surface area contributed by atoms with Crippen LogP contribution < -0.4 is 4.74 Å². The molecular weight excluding hydrogens is 436 g/mol. The van der Waals surface area contributed by atoms with Crippen molar-refractivity contribution in [2.45, 2.75) is 43.3 Å². The third-order valence-electron chi connectivity index (χ3n) is 5.69. The highest BCUT2D eigenvalue weighted by Crippen LogP contribution is 2.30. The Hall–Kier alpha value is -2.84. The summed E-state index contributed by atoms with van der Waals surface area (Å²) in [5, 5.41) is 9.25. The number of amides is 1. The molecule has 2 aromatic carbocycles. The molecule has 0 spiro atoms. The molecule has 7 nitrogen and oxygen atoms in total. The zero-order chi connectivity index (χ0) is 23.0. The molecule has 1 unspecified atom stereocenters. The quantitative estimate of drug-likeness (QED) is 0.416. The van der Waals surface area contributed by atoms with Gasteiger partial charge in [0.2, 0.25) is 5.91 Å². The lowest BCUT2D eigenvalue weighted by molar-refractivity contribution is -0.129. The third kappa shape index (κ3) is 5.75. The van der Waals surface area contributed by atoms with E-state index in [4.69, 9.17) is 9.47 Å². The number of hydrogen-bond donors (Lipinski definition) is 0. The van der Waals surface area contributed by atoms with Gasteiger partial charge in [0.25, 0.3) is 0 Å². The lowest BCUT2D eigenvalue weighted by Gasteiger charge is -2.20. The molecule has 8 heteroatoms. The number of carbonyl (C=O) groups is 1. The van der Waals surface area contributed by atoms with E-state index < -0.39 is 0 Å². The first-order valence-electron chi connectivity index (χ1n) is 11.3. The van der Waals surface area contributed by atoms with Gasteiger partial charge in [-0.05, 0) is 31.4 Å². The number of rotatable bonds is 10. The summed E-state index contributed by atoms with van der Waals surface area (Å²) >= 11 is 1.45. The van der Waals surface area contributed by atoms with E-state index in [0.717, 1.165) is 42.8 Å². The minimum Gasteiger partial charge on any atom is -0.485 e. The highest BCUT2D eigenvalue weighted by Gasteiger charge is 2.26. The van der Waals surface area contributed by atoms with Crippen molar-refractivity contribution in [3.05, 3.63) is 60.4 Å². The van der Waals surface area contributed by atoms with Crippen LogP contribution in [0.2, 0.25) is 0 Å². The van der Waals surface area contributed by atoms with Crippen LogP contribution in [0, 0.1) is 0 Å². The number of thioether (sulfide) groups is 1. The number of likely N-dealkylation sites (tertiary alicyclic amines) is 1. The van der Waals surface area contributed by atoms with E-state index in [1.807, 2.05) is 58.9 Å². The minimum absolute atomic E-state index is 0.161. The fourth-order valence-electron chi connectivity index (χ4n) is 3.91. The molecule has 0 bridgehead atoms. The van der Waals surface area contributed by atoms with Crippen LogP contribution in [-0.4, -0.2) is 57.6 Å². The van der Waals surface area contributed by atoms with Gasteiger partial charge in [-0.3, -0.25) is 4.79 Å². The van der Waals surface area contributed by atoms with Crippen LogP contribution in [0.3, 0.4) is 0 Å². The zero-order valence-corrected chi connectivity index (χ0v) is 20.0. The summed E-state index contributed by atoms with van der Waals surface area (Å²) in [5.41, 5.74) is 2.12. The van der Waals surface area contributed by atoms with E-state index in [0.29, 0.717) is 24.1 Å². The molecule has 0 radical (unpaired) electrons. The number of carbonyl (C=O) groups excluding carboxylic acids is 1. The molecular formula is C25H30N4O3S. The number of benzene rings is 2. The predicted octanol–water partition coefficient (Wildman–Crippen LogP) is 4.27. The molecule has 0 saturated carbocycles. The molecule has 1 aliphatic heterocycles. The average Bonchev–Trinajstić information content (AvgIpc) is 3.52. The molecule has 0 N–H and O–H groups in total. The van der Waals surface area contributed by atoms with Crippen LogP contribution in [0.25, 0.3) is 11.1 Å². The van der Waals surface area contributed by atoms with Crippen molar-refractivity contribution >= 4 is 17.7 Å². The number of hydrogen-bond acceptors (Lipinski definition) is 6. The molecule has 1 atom stereocenters. The van der Waals surface area contributed by atoms with Gasteiger partial charge in [-0.25, -0.2) is 0 Å². The number of ether oxygens (including phenoxy) is 2. The van der Waals surface area contributed by atoms with E-state index in [1.165, 1.54) is 11.8 Å². The Kier molecular flexibility index (Phi) is 8.01. The highest BCUT2D eigenvalue weighted by molar-refractivity contribution is 8.00. The van der Waals surface area contributed by atoms with Gasteiger partial charge < -0.3 is 18.9 Å². The third-order valence-corrected chi connectivity index (χ3v) is 6.76. The molecule has 33 heavy (non-hydrogen) atoms. The summed E-state index contributed by atoms with van der Waals surface area (Å²) in [6.07, 6.45) is 2.16. The topological polar surface area (TPSA) is 69.5 Å². The highest BCUT2D eigenvalue weighted by atomic mass is 32.2. The molecule has 1 fully saturated rings. The van der Waals surface area contributed by atoms with Crippen LogP contribution in [0.5, 0.6) is 5.75 Å². The Bertz CT molecular complexity index is 1050. The smallest absolute Gasteiger partial charge is 0.235 e. The van der Waals surface area contributed by atoms with Crippen molar-refractivity contribution < 1.29 is 14.3 Å². The Morgan fingerprint density at radius 2 is 1.79 bits per heavy atom. The molecule has 1 amide bonds. The second-order valence-electron chi connectivity index (χ2n) is 7.99. The van der Waals surface area contributed by atoms with Gasteiger partial charge in [-0.15, -0.1) is 10.2 Å². The maximum absolute atomic E-state index is 12.8. The maximum atomic E-state index is 12.8. The van der Waals surface area contributed by atoms with E-state index >= 15 is 0 Å². The lowest BCUT2D eigenvalue weighted by Crippen LogP contribution is -2.34. The molecule has 0 aliphatic carbocycles. The van der Waals surface area contributed by atoms with Gasteiger partial charge in [-0.2, -0.15) is 0 Å². The monoisotopic (exact) mass is 466 g/mol. The van der Waals surface area contributed by atoms with Gasteiger partial charge in [0.1, 0.15) is 12.4 Å². The van der Waals surface area contributed by atoms with Crippen LogP contribution in [0.15, 0.2) is 59.8 Å². The first kappa shape index (κ1) is 23.3. The van der Waals surface area contributed by atoms with Crippen LogP contribution in [-0.2, 0) is 22.7 Å². The summed E-state index contributed by atoms with van der Waals surface area (Å²) in [7, 11) is 1.67.